The van der Waals surface area contributed by atoms with Crippen LogP contribution in [-0.2, 0) is 21.3 Å². The monoisotopic (exact) mass is 431 g/mol. The molecule has 0 bridgehead atoms. The number of morpholine rings is 1. The highest BCUT2D eigenvalue weighted by atomic mass is 32.2. The normalized spacial score (nSPS) is 19.7. The molecule has 0 amide bonds. The Labute approximate surface area is 180 Å². The molecule has 2 aromatic rings. The maximum Gasteiger partial charge on any atom is 0.235 e. The van der Waals surface area contributed by atoms with Gasteiger partial charge < -0.3 is 15.0 Å². The van der Waals surface area contributed by atoms with Crippen molar-refractivity contribution in [1.82, 2.24) is 0 Å². The Morgan fingerprint density at radius 1 is 1.07 bits per heavy atom. The average molecular weight is 432 g/mol. The number of hydrogen-bond donors (Lipinski definition) is 2. The van der Waals surface area contributed by atoms with Gasteiger partial charge in [0.25, 0.3) is 0 Å². The van der Waals surface area contributed by atoms with Crippen LogP contribution in [-0.4, -0.2) is 39.0 Å². The first-order valence-electron chi connectivity index (χ1n) is 10.5. The van der Waals surface area contributed by atoms with Crippen molar-refractivity contribution in [2.75, 3.05) is 28.0 Å². The van der Waals surface area contributed by atoms with Gasteiger partial charge in [-0.05, 0) is 76.1 Å². The molecule has 1 heterocycles. The van der Waals surface area contributed by atoms with Crippen LogP contribution in [0.25, 0.3) is 0 Å². The highest BCUT2D eigenvalue weighted by molar-refractivity contribution is 7.93. The summed E-state index contributed by atoms with van der Waals surface area (Å²) in [6, 6.07) is 14.0. The van der Waals surface area contributed by atoms with Crippen LogP contribution < -0.4 is 14.9 Å². The van der Waals surface area contributed by atoms with E-state index < -0.39 is 15.3 Å². The number of rotatable bonds is 7. The van der Waals surface area contributed by atoms with Crippen LogP contribution >= 0.6 is 0 Å². The minimum Gasteiger partial charge on any atom is -0.381 e. The quantitative estimate of drug-likeness (QED) is 0.681. The Bertz CT molecular complexity index is 948. The predicted octanol–water partition coefficient (Wildman–Crippen LogP) is 4.37. The summed E-state index contributed by atoms with van der Waals surface area (Å²) >= 11 is 0. The zero-order chi connectivity index (χ0) is 21.9. The van der Waals surface area contributed by atoms with Crippen molar-refractivity contribution >= 4 is 27.1 Å². The zero-order valence-electron chi connectivity index (χ0n) is 18.5. The van der Waals surface area contributed by atoms with E-state index >= 15 is 0 Å². The van der Waals surface area contributed by atoms with E-state index in [4.69, 9.17) is 4.74 Å². The molecule has 7 heteroatoms. The minimum absolute atomic E-state index is 0.236. The molecule has 0 aliphatic carbocycles. The zero-order valence-corrected chi connectivity index (χ0v) is 19.3. The summed E-state index contributed by atoms with van der Waals surface area (Å²) in [5, 5.41) is 3.02. The van der Waals surface area contributed by atoms with Crippen molar-refractivity contribution in [3.63, 3.8) is 0 Å². The molecule has 2 N–H and O–H groups in total. The van der Waals surface area contributed by atoms with Crippen molar-refractivity contribution < 1.29 is 13.2 Å². The number of aryl methyl sites for hydroxylation is 1. The number of sulfonamides is 1. The third kappa shape index (κ3) is 5.67. The van der Waals surface area contributed by atoms with E-state index in [0.29, 0.717) is 12.2 Å². The molecule has 1 aliphatic rings. The number of nitrogens with one attached hydrogen (secondary N) is 2. The van der Waals surface area contributed by atoms with Crippen molar-refractivity contribution in [2.24, 2.45) is 0 Å². The third-order valence-corrected chi connectivity index (χ3v) is 7.07. The SMILES string of the molecule is Cc1cc(N2C[C@@H](C)O[C@@H](C)C2)ccc1NCc1ccc(NS(=O)(=O)C(C)C)cc1. The van der Waals surface area contributed by atoms with Gasteiger partial charge in [0.1, 0.15) is 0 Å². The van der Waals surface area contributed by atoms with Crippen molar-refractivity contribution in [2.45, 2.75) is 58.6 Å². The second-order valence-corrected chi connectivity index (χ2v) is 10.6. The summed E-state index contributed by atoms with van der Waals surface area (Å²) in [6.45, 7) is 12.1. The lowest BCUT2D eigenvalue weighted by Crippen LogP contribution is -2.45. The van der Waals surface area contributed by atoms with Crippen LogP contribution in [0.3, 0.4) is 0 Å². The molecule has 1 fully saturated rings. The van der Waals surface area contributed by atoms with Gasteiger partial charge in [-0.3, -0.25) is 4.72 Å². The van der Waals surface area contributed by atoms with Gasteiger partial charge in [0.2, 0.25) is 10.0 Å². The lowest BCUT2D eigenvalue weighted by Gasteiger charge is -2.37. The highest BCUT2D eigenvalue weighted by Crippen LogP contribution is 2.26. The molecular weight excluding hydrogens is 398 g/mol. The number of ether oxygens (including phenoxy) is 1. The minimum atomic E-state index is -3.32. The molecule has 0 saturated carbocycles. The van der Waals surface area contributed by atoms with Gasteiger partial charge in [0.15, 0.2) is 0 Å². The van der Waals surface area contributed by atoms with E-state index in [-0.39, 0.29) is 12.2 Å². The van der Waals surface area contributed by atoms with Crippen LogP contribution in [0.15, 0.2) is 42.5 Å². The number of hydrogen-bond acceptors (Lipinski definition) is 5. The maximum absolute atomic E-state index is 12.0. The van der Waals surface area contributed by atoms with Gasteiger partial charge in [0.05, 0.1) is 17.5 Å². The molecule has 0 aromatic heterocycles. The number of anilines is 3. The molecule has 0 unspecified atom stereocenters. The molecule has 6 nitrogen and oxygen atoms in total. The molecule has 0 spiro atoms. The van der Waals surface area contributed by atoms with Gasteiger partial charge in [-0.2, -0.15) is 0 Å². The Morgan fingerprint density at radius 3 is 2.27 bits per heavy atom. The smallest absolute Gasteiger partial charge is 0.235 e. The van der Waals surface area contributed by atoms with Gasteiger partial charge >= 0.3 is 0 Å². The van der Waals surface area contributed by atoms with E-state index in [2.05, 4.69) is 53.9 Å². The van der Waals surface area contributed by atoms with Gasteiger partial charge in [-0.25, -0.2) is 8.42 Å². The molecule has 30 heavy (non-hydrogen) atoms. The molecule has 0 radical (unpaired) electrons. The Kier molecular flexibility index (Phi) is 6.93. The van der Waals surface area contributed by atoms with Crippen molar-refractivity contribution in [1.29, 1.82) is 0 Å². The summed E-state index contributed by atoms with van der Waals surface area (Å²) in [5.74, 6) is 0. The van der Waals surface area contributed by atoms with Crippen LogP contribution in [0.5, 0.6) is 0 Å². The summed E-state index contributed by atoms with van der Waals surface area (Å²) in [4.78, 5) is 2.38. The summed E-state index contributed by atoms with van der Waals surface area (Å²) in [5.41, 5.74) is 5.18. The molecule has 2 atom stereocenters. The second-order valence-electron chi connectivity index (χ2n) is 8.41. The Morgan fingerprint density at radius 2 is 1.70 bits per heavy atom. The predicted molar refractivity (Wildman–Crippen MR) is 125 cm³/mol. The van der Waals surface area contributed by atoms with Gasteiger partial charge in [0, 0.05) is 36.7 Å². The largest absolute Gasteiger partial charge is 0.381 e. The van der Waals surface area contributed by atoms with Crippen LogP contribution in [0.2, 0.25) is 0 Å². The first kappa shape index (κ1) is 22.4. The standard InChI is InChI=1S/C23H33N3O3S/c1-16(2)30(27,28)25-21-8-6-20(7-9-21)13-24-23-11-10-22(12-17(23)3)26-14-18(4)29-19(5)15-26/h6-12,16,18-19,24-25H,13-15H2,1-5H3/t18-,19+. The second kappa shape index (κ2) is 9.27. The molecular formula is C23H33N3O3S. The van der Waals surface area contributed by atoms with Crippen molar-refractivity contribution in [3.05, 3.63) is 53.6 Å². The first-order chi connectivity index (χ1) is 14.1. The van der Waals surface area contributed by atoms with Crippen LogP contribution in [0.4, 0.5) is 17.1 Å². The van der Waals surface area contributed by atoms with Crippen LogP contribution in [0, 0.1) is 6.92 Å². The van der Waals surface area contributed by atoms with E-state index in [9.17, 15) is 8.42 Å². The third-order valence-electron chi connectivity index (χ3n) is 5.31. The first-order valence-corrected chi connectivity index (χ1v) is 12.0. The van der Waals surface area contributed by atoms with E-state index in [1.165, 1.54) is 11.3 Å². The van der Waals surface area contributed by atoms with E-state index in [1.54, 1.807) is 26.0 Å². The number of benzene rings is 2. The fraction of sp³-hybridized carbons (Fsp3) is 0.478. The van der Waals surface area contributed by atoms with Gasteiger partial charge in [-0.15, -0.1) is 0 Å². The topological polar surface area (TPSA) is 70.7 Å². The molecule has 1 saturated heterocycles. The lowest BCUT2D eigenvalue weighted by atomic mass is 10.1. The maximum atomic E-state index is 12.0. The fourth-order valence-corrected chi connectivity index (χ4v) is 4.30. The molecule has 3 rings (SSSR count). The van der Waals surface area contributed by atoms with Gasteiger partial charge in [-0.1, -0.05) is 12.1 Å². The average Bonchev–Trinajstić information content (AvgIpc) is 2.67. The van der Waals surface area contributed by atoms with E-state index in [1.807, 2.05) is 12.1 Å². The molecule has 1 aliphatic heterocycles. The highest BCUT2D eigenvalue weighted by Gasteiger charge is 2.22. The van der Waals surface area contributed by atoms with Crippen LogP contribution in [0.1, 0.15) is 38.8 Å². The fourth-order valence-electron chi connectivity index (χ4n) is 3.60. The Hall–Kier alpha value is -2.25. The number of nitrogens with zero attached hydrogens (tertiary/aromatic N) is 1. The molecule has 164 valence electrons. The Balaban J connectivity index is 1.61. The molecule has 2 aromatic carbocycles. The summed E-state index contributed by atoms with van der Waals surface area (Å²) in [7, 11) is -3.32. The lowest BCUT2D eigenvalue weighted by molar-refractivity contribution is -0.00522. The van der Waals surface area contributed by atoms with Crippen molar-refractivity contribution in [3.8, 4) is 0 Å². The summed E-state index contributed by atoms with van der Waals surface area (Å²) in [6.07, 6.45) is 0.472. The summed E-state index contributed by atoms with van der Waals surface area (Å²) < 4.78 is 32.4. The van der Waals surface area contributed by atoms with E-state index in [0.717, 1.165) is 24.3 Å².